The maximum atomic E-state index is 12.4. The van der Waals surface area contributed by atoms with Crippen molar-refractivity contribution < 1.29 is 18.3 Å². The molecule has 21 heavy (non-hydrogen) atoms. The first-order chi connectivity index (χ1) is 9.81. The number of thiophene rings is 1. The SMILES string of the molecule is Cc1ccc(C(=O)O)cc1S(=O)(=O)N[C@@H](C)c1cccs1. The molecule has 0 bridgehead atoms. The maximum absolute atomic E-state index is 12.4. The molecule has 1 aromatic carbocycles. The van der Waals surface area contributed by atoms with Crippen molar-refractivity contribution in [2.24, 2.45) is 0 Å². The predicted molar refractivity (Wildman–Crippen MR) is 81.2 cm³/mol. The van der Waals surface area contributed by atoms with Gasteiger partial charge in [0, 0.05) is 4.88 Å². The van der Waals surface area contributed by atoms with E-state index >= 15 is 0 Å². The molecular weight excluding hydrogens is 310 g/mol. The van der Waals surface area contributed by atoms with E-state index in [4.69, 9.17) is 5.11 Å². The summed E-state index contributed by atoms with van der Waals surface area (Å²) in [6.07, 6.45) is 0. The smallest absolute Gasteiger partial charge is 0.335 e. The fourth-order valence-electron chi connectivity index (χ4n) is 1.91. The van der Waals surface area contributed by atoms with Crippen LogP contribution in [0.2, 0.25) is 0 Å². The molecular formula is C14H15NO4S2. The Labute approximate surface area is 127 Å². The Bertz CT molecular complexity index is 751. The summed E-state index contributed by atoms with van der Waals surface area (Å²) in [5.74, 6) is -1.15. The quantitative estimate of drug-likeness (QED) is 0.885. The monoisotopic (exact) mass is 325 g/mol. The van der Waals surface area contributed by atoms with Crippen molar-refractivity contribution in [3.8, 4) is 0 Å². The third kappa shape index (κ3) is 3.49. The van der Waals surface area contributed by atoms with Crippen molar-refractivity contribution in [1.29, 1.82) is 0 Å². The predicted octanol–water partition coefficient (Wildman–Crippen LogP) is 2.79. The van der Waals surface area contributed by atoms with E-state index < -0.39 is 16.0 Å². The second kappa shape index (κ2) is 5.97. The summed E-state index contributed by atoms with van der Waals surface area (Å²) in [6.45, 7) is 3.38. The van der Waals surface area contributed by atoms with Crippen molar-refractivity contribution in [2.45, 2.75) is 24.8 Å². The van der Waals surface area contributed by atoms with Gasteiger partial charge in [-0.25, -0.2) is 17.9 Å². The van der Waals surface area contributed by atoms with E-state index in [1.54, 1.807) is 13.8 Å². The summed E-state index contributed by atoms with van der Waals surface area (Å²) in [5, 5.41) is 10.9. The number of carbonyl (C=O) groups is 1. The van der Waals surface area contributed by atoms with Gasteiger partial charge in [-0.1, -0.05) is 12.1 Å². The second-order valence-electron chi connectivity index (χ2n) is 4.64. The minimum absolute atomic E-state index is 0.00851. The third-order valence-electron chi connectivity index (χ3n) is 3.03. The molecule has 1 atom stereocenters. The minimum atomic E-state index is -3.78. The number of aromatic carboxylic acids is 1. The van der Waals surface area contributed by atoms with Crippen molar-refractivity contribution in [1.82, 2.24) is 4.72 Å². The van der Waals surface area contributed by atoms with Gasteiger partial charge in [0.15, 0.2) is 0 Å². The number of aryl methyl sites for hydroxylation is 1. The van der Waals surface area contributed by atoms with Crippen LogP contribution in [-0.2, 0) is 10.0 Å². The zero-order chi connectivity index (χ0) is 15.6. The summed E-state index contributed by atoms with van der Waals surface area (Å²) >= 11 is 1.46. The molecule has 0 amide bonds. The number of rotatable bonds is 5. The molecule has 0 aliphatic carbocycles. The molecule has 5 nitrogen and oxygen atoms in total. The van der Waals surface area contributed by atoms with Gasteiger partial charge in [0.25, 0.3) is 0 Å². The van der Waals surface area contributed by atoms with Gasteiger partial charge in [-0.15, -0.1) is 11.3 Å². The fourth-order valence-corrected chi connectivity index (χ4v) is 4.22. The Morgan fingerprint density at radius 1 is 1.33 bits per heavy atom. The van der Waals surface area contributed by atoms with Crippen LogP contribution in [0.4, 0.5) is 0 Å². The second-order valence-corrected chi connectivity index (χ2v) is 7.31. The number of nitrogens with one attached hydrogen (secondary N) is 1. The van der Waals surface area contributed by atoms with Gasteiger partial charge < -0.3 is 5.11 Å². The first kappa shape index (κ1) is 15.7. The molecule has 112 valence electrons. The van der Waals surface area contributed by atoms with Crippen LogP contribution in [0.15, 0.2) is 40.6 Å². The van der Waals surface area contributed by atoms with E-state index in [2.05, 4.69) is 4.72 Å². The molecule has 7 heteroatoms. The van der Waals surface area contributed by atoms with Crippen LogP contribution in [-0.4, -0.2) is 19.5 Å². The van der Waals surface area contributed by atoms with Gasteiger partial charge in [-0.05, 0) is 43.0 Å². The minimum Gasteiger partial charge on any atom is -0.478 e. The van der Waals surface area contributed by atoms with E-state index in [9.17, 15) is 13.2 Å². The van der Waals surface area contributed by atoms with Crippen LogP contribution in [0.25, 0.3) is 0 Å². The topological polar surface area (TPSA) is 83.5 Å². The highest BCUT2D eigenvalue weighted by Crippen LogP contribution is 2.23. The standard InChI is InChI=1S/C14H15NO4S2/c1-9-5-6-11(14(16)17)8-13(9)21(18,19)15-10(2)12-4-3-7-20-12/h3-8,10,15H,1-2H3,(H,16,17)/t10-/m0/s1. The summed E-state index contributed by atoms with van der Waals surface area (Å²) in [5.41, 5.74) is 0.454. The van der Waals surface area contributed by atoms with Gasteiger partial charge in [0.05, 0.1) is 16.5 Å². The highest BCUT2D eigenvalue weighted by molar-refractivity contribution is 7.89. The summed E-state index contributed by atoms with van der Waals surface area (Å²) in [7, 11) is -3.78. The van der Waals surface area contributed by atoms with E-state index in [0.29, 0.717) is 5.56 Å². The highest BCUT2D eigenvalue weighted by atomic mass is 32.2. The normalized spacial score (nSPS) is 13.0. The molecule has 0 fully saturated rings. The van der Waals surface area contributed by atoms with Crippen LogP contribution in [0.5, 0.6) is 0 Å². The number of carboxylic acids is 1. The van der Waals surface area contributed by atoms with Crippen LogP contribution < -0.4 is 4.72 Å². The van der Waals surface area contributed by atoms with Gasteiger partial charge in [-0.3, -0.25) is 0 Å². The Balaban J connectivity index is 2.35. The van der Waals surface area contributed by atoms with Crippen molar-refractivity contribution >= 4 is 27.3 Å². The van der Waals surface area contributed by atoms with Gasteiger partial charge in [0.1, 0.15) is 0 Å². The molecule has 2 aromatic rings. The summed E-state index contributed by atoms with van der Waals surface area (Å²) in [6, 6.07) is 7.39. The fraction of sp³-hybridized carbons (Fsp3) is 0.214. The van der Waals surface area contributed by atoms with Gasteiger partial charge in [-0.2, -0.15) is 0 Å². The number of sulfonamides is 1. The van der Waals surface area contributed by atoms with Crippen molar-refractivity contribution in [3.05, 3.63) is 51.7 Å². The molecule has 2 N–H and O–H groups in total. The molecule has 0 aliphatic heterocycles. The highest BCUT2D eigenvalue weighted by Gasteiger charge is 2.22. The molecule has 0 saturated heterocycles. The van der Waals surface area contributed by atoms with E-state index in [-0.39, 0.29) is 16.5 Å². The molecule has 0 spiro atoms. The van der Waals surface area contributed by atoms with Crippen molar-refractivity contribution in [3.63, 3.8) is 0 Å². The average molecular weight is 325 g/mol. The number of carboxylic acid groups (broad SMARTS) is 1. The van der Waals surface area contributed by atoms with E-state index in [0.717, 1.165) is 4.88 Å². The number of hydrogen-bond donors (Lipinski definition) is 2. The van der Waals surface area contributed by atoms with Crippen LogP contribution in [0, 0.1) is 6.92 Å². The molecule has 1 heterocycles. The van der Waals surface area contributed by atoms with Gasteiger partial charge >= 0.3 is 5.97 Å². The summed E-state index contributed by atoms with van der Waals surface area (Å²) < 4.78 is 27.4. The Morgan fingerprint density at radius 2 is 2.05 bits per heavy atom. The Morgan fingerprint density at radius 3 is 2.62 bits per heavy atom. The van der Waals surface area contributed by atoms with Crippen LogP contribution in [0.1, 0.15) is 33.8 Å². The zero-order valence-corrected chi connectivity index (χ0v) is 13.2. The third-order valence-corrected chi connectivity index (χ3v) is 5.76. The first-order valence-corrected chi connectivity index (χ1v) is 8.57. The molecule has 0 unspecified atom stereocenters. The van der Waals surface area contributed by atoms with Crippen LogP contribution >= 0.6 is 11.3 Å². The molecule has 1 aromatic heterocycles. The molecule has 0 aliphatic rings. The molecule has 0 radical (unpaired) electrons. The Hall–Kier alpha value is -1.70. The molecule has 0 saturated carbocycles. The first-order valence-electron chi connectivity index (χ1n) is 6.21. The van der Waals surface area contributed by atoms with E-state index in [1.807, 2.05) is 17.5 Å². The van der Waals surface area contributed by atoms with Crippen molar-refractivity contribution in [2.75, 3.05) is 0 Å². The largest absolute Gasteiger partial charge is 0.478 e. The van der Waals surface area contributed by atoms with E-state index in [1.165, 1.54) is 29.5 Å². The lowest BCUT2D eigenvalue weighted by Crippen LogP contribution is -2.27. The lowest BCUT2D eigenvalue weighted by atomic mass is 10.1. The van der Waals surface area contributed by atoms with Crippen LogP contribution in [0.3, 0.4) is 0 Å². The summed E-state index contributed by atoms with van der Waals surface area (Å²) in [4.78, 5) is 11.9. The van der Waals surface area contributed by atoms with Gasteiger partial charge in [0.2, 0.25) is 10.0 Å². The zero-order valence-electron chi connectivity index (χ0n) is 11.5. The Kier molecular flexibility index (Phi) is 4.46. The average Bonchev–Trinajstić information content (AvgIpc) is 2.92. The maximum Gasteiger partial charge on any atom is 0.335 e. The number of benzene rings is 1. The molecule has 2 rings (SSSR count). The lowest BCUT2D eigenvalue weighted by molar-refractivity contribution is 0.0696. The number of hydrogen-bond acceptors (Lipinski definition) is 4. The lowest BCUT2D eigenvalue weighted by Gasteiger charge is -2.14.